The molecule has 0 bridgehead atoms. The number of carbonyl (C=O) groups excluding carboxylic acids is 1. The molecule has 1 fully saturated rings. The first kappa shape index (κ1) is 13.1. The molecule has 1 amide bonds. The Morgan fingerprint density at radius 3 is 2.56 bits per heavy atom. The van der Waals surface area contributed by atoms with Gasteiger partial charge in [-0.05, 0) is 38.2 Å². The highest BCUT2D eigenvalue weighted by Crippen LogP contribution is 2.14. The van der Waals surface area contributed by atoms with E-state index in [1.54, 1.807) is 4.90 Å². The van der Waals surface area contributed by atoms with Crippen LogP contribution in [-0.4, -0.2) is 54.1 Å². The lowest BCUT2D eigenvalue weighted by Crippen LogP contribution is -2.29. The molecule has 0 radical (unpaired) electrons. The molecular formula is C14H20N2O2. The molecule has 4 heteroatoms. The molecule has 1 aromatic rings. The van der Waals surface area contributed by atoms with Gasteiger partial charge in [0.15, 0.2) is 0 Å². The zero-order chi connectivity index (χ0) is 13.1. The van der Waals surface area contributed by atoms with Gasteiger partial charge in [0, 0.05) is 25.2 Å². The number of aliphatic hydroxyl groups is 1. The van der Waals surface area contributed by atoms with E-state index in [-0.39, 0.29) is 12.0 Å². The van der Waals surface area contributed by atoms with E-state index in [4.69, 9.17) is 0 Å². The van der Waals surface area contributed by atoms with E-state index in [0.717, 1.165) is 6.54 Å². The number of nitrogens with zero attached hydrogens (tertiary/aromatic N) is 2. The van der Waals surface area contributed by atoms with Gasteiger partial charge in [-0.1, -0.05) is 12.1 Å². The van der Waals surface area contributed by atoms with E-state index in [1.165, 1.54) is 5.56 Å². The van der Waals surface area contributed by atoms with E-state index in [9.17, 15) is 9.90 Å². The van der Waals surface area contributed by atoms with Crippen molar-refractivity contribution >= 4 is 5.91 Å². The summed E-state index contributed by atoms with van der Waals surface area (Å²) in [6.07, 6.45) is 0.326. The topological polar surface area (TPSA) is 43.8 Å². The molecule has 98 valence electrons. The van der Waals surface area contributed by atoms with Gasteiger partial charge in [-0.15, -0.1) is 0 Å². The summed E-state index contributed by atoms with van der Waals surface area (Å²) in [7, 11) is 4.04. The largest absolute Gasteiger partial charge is 0.391 e. The van der Waals surface area contributed by atoms with Crippen LogP contribution in [0.1, 0.15) is 22.3 Å². The average Bonchev–Trinajstić information content (AvgIpc) is 2.75. The van der Waals surface area contributed by atoms with E-state index >= 15 is 0 Å². The molecule has 0 saturated carbocycles. The first-order chi connectivity index (χ1) is 8.56. The first-order valence-electron chi connectivity index (χ1n) is 6.27. The normalized spacial score (nSPS) is 19.6. The van der Waals surface area contributed by atoms with Crippen molar-refractivity contribution < 1.29 is 9.90 Å². The minimum absolute atomic E-state index is 0.0166. The molecule has 0 spiro atoms. The Bertz CT molecular complexity index is 414. The van der Waals surface area contributed by atoms with Crippen LogP contribution in [0.15, 0.2) is 24.3 Å². The molecule has 1 saturated heterocycles. The number of hydrogen-bond acceptors (Lipinski definition) is 3. The number of aliphatic hydroxyl groups excluding tert-OH is 1. The van der Waals surface area contributed by atoms with Crippen LogP contribution in [0, 0.1) is 0 Å². The van der Waals surface area contributed by atoms with Gasteiger partial charge in [-0.3, -0.25) is 4.79 Å². The van der Waals surface area contributed by atoms with Crippen LogP contribution in [0.25, 0.3) is 0 Å². The molecule has 1 aromatic carbocycles. The summed E-state index contributed by atoms with van der Waals surface area (Å²) >= 11 is 0. The van der Waals surface area contributed by atoms with Crippen molar-refractivity contribution in [3.8, 4) is 0 Å². The molecule has 1 heterocycles. The zero-order valence-electron chi connectivity index (χ0n) is 11.0. The molecule has 2 rings (SSSR count). The zero-order valence-corrected chi connectivity index (χ0v) is 11.0. The fourth-order valence-corrected chi connectivity index (χ4v) is 2.23. The van der Waals surface area contributed by atoms with Crippen LogP contribution in [-0.2, 0) is 6.54 Å². The van der Waals surface area contributed by atoms with E-state index in [1.807, 2.05) is 38.4 Å². The summed E-state index contributed by atoms with van der Waals surface area (Å²) in [5, 5.41) is 9.44. The van der Waals surface area contributed by atoms with Gasteiger partial charge in [0.1, 0.15) is 0 Å². The predicted molar refractivity (Wildman–Crippen MR) is 70.4 cm³/mol. The molecule has 18 heavy (non-hydrogen) atoms. The number of β-amino-alcohol motifs (C(OH)–C–C–N with tert-alkyl or cyclic N) is 1. The van der Waals surface area contributed by atoms with Crippen molar-refractivity contribution in [1.29, 1.82) is 0 Å². The minimum atomic E-state index is -0.359. The predicted octanol–water partition coefficient (Wildman–Crippen LogP) is 0.955. The second-order valence-electron chi connectivity index (χ2n) is 5.13. The maximum atomic E-state index is 12.1. The lowest BCUT2D eigenvalue weighted by atomic mass is 10.1. The van der Waals surface area contributed by atoms with Gasteiger partial charge in [0.25, 0.3) is 5.91 Å². The van der Waals surface area contributed by atoms with Gasteiger partial charge in [-0.2, -0.15) is 0 Å². The van der Waals surface area contributed by atoms with Gasteiger partial charge in [0.05, 0.1) is 6.10 Å². The van der Waals surface area contributed by atoms with Crippen molar-refractivity contribution in [1.82, 2.24) is 9.80 Å². The Morgan fingerprint density at radius 2 is 2.06 bits per heavy atom. The average molecular weight is 248 g/mol. The van der Waals surface area contributed by atoms with Crippen LogP contribution in [0.5, 0.6) is 0 Å². The van der Waals surface area contributed by atoms with Crippen LogP contribution in [0.4, 0.5) is 0 Å². The Hall–Kier alpha value is -1.39. The van der Waals surface area contributed by atoms with Gasteiger partial charge < -0.3 is 14.9 Å². The Balaban J connectivity index is 2.03. The summed E-state index contributed by atoms with van der Waals surface area (Å²) in [6.45, 7) is 1.98. The monoisotopic (exact) mass is 248 g/mol. The minimum Gasteiger partial charge on any atom is -0.391 e. The number of amides is 1. The lowest BCUT2D eigenvalue weighted by molar-refractivity contribution is 0.0765. The summed E-state index contributed by atoms with van der Waals surface area (Å²) in [4.78, 5) is 15.9. The third-order valence-corrected chi connectivity index (χ3v) is 3.15. The van der Waals surface area contributed by atoms with E-state index in [0.29, 0.717) is 25.1 Å². The van der Waals surface area contributed by atoms with Crippen LogP contribution < -0.4 is 0 Å². The third kappa shape index (κ3) is 3.09. The molecule has 1 aliphatic rings. The lowest BCUT2D eigenvalue weighted by Gasteiger charge is -2.16. The standard InChI is InChI=1S/C14H20N2O2/c1-15(2)9-11-3-5-12(6-4-11)14(18)16-8-7-13(17)10-16/h3-6,13,17H,7-10H2,1-2H3. The van der Waals surface area contributed by atoms with Crippen LogP contribution in [0.2, 0.25) is 0 Å². The van der Waals surface area contributed by atoms with Crippen molar-refractivity contribution in [2.45, 2.75) is 19.1 Å². The molecule has 1 unspecified atom stereocenters. The van der Waals surface area contributed by atoms with E-state index in [2.05, 4.69) is 4.90 Å². The summed E-state index contributed by atoms with van der Waals surface area (Å²) in [5.41, 5.74) is 1.89. The number of carbonyl (C=O) groups is 1. The summed E-state index contributed by atoms with van der Waals surface area (Å²) in [6, 6.07) is 7.71. The van der Waals surface area contributed by atoms with Crippen molar-refractivity contribution in [3.05, 3.63) is 35.4 Å². The highest BCUT2D eigenvalue weighted by Gasteiger charge is 2.25. The quantitative estimate of drug-likeness (QED) is 0.866. The Kier molecular flexibility index (Phi) is 3.99. The highest BCUT2D eigenvalue weighted by molar-refractivity contribution is 5.94. The van der Waals surface area contributed by atoms with E-state index < -0.39 is 0 Å². The van der Waals surface area contributed by atoms with Gasteiger partial charge >= 0.3 is 0 Å². The highest BCUT2D eigenvalue weighted by atomic mass is 16.3. The molecule has 0 aliphatic carbocycles. The number of hydrogen-bond donors (Lipinski definition) is 1. The molecule has 1 aliphatic heterocycles. The maximum absolute atomic E-state index is 12.1. The Morgan fingerprint density at radius 1 is 1.39 bits per heavy atom. The SMILES string of the molecule is CN(C)Cc1ccc(C(=O)N2CCC(O)C2)cc1. The van der Waals surface area contributed by atoms with Crippen molar-refractivity contribution in [2.24, 2.45) is 0 Å². The van der Waals surface area contributed by atoms with Gasteiger partial charge in [-0.25, -0.2) is 0 Å². The molecular weight excluding hydrogens is 228 g/mol. The van der Waals surface area contributed by atoms with Gasteiger partial charge in [0.2, 0.25) is 0 Å². The number of rotatable bonds is 3. The maximum Gasteiger partial charge on any atom is 0.253 e. The third-order valence-electron chi connectivity index (χ3n) is 3.15. The van der Waals surface area contributed by atoms with Crippen molar-refractivity contribution in [3.63, 3.8) is 0 Å². The smallest absolute Gasteiger partial charge is 0.253 e. The number of benzene rings is 1. The second kappa shape index (κ2) is 5.50. The molecule has 0 aromatic heterocycles. The van der Waals surface area contributed by atoms with Crippen molar-refractivity contribution in [2.75, 3.05) is 27.2 Å². The number of likely N-dealkylation sites (tertiary alicyclic amines) is 1. The Labute approximate surface area is 108 Å². The fraction of sp³-hybridized carbons (Fsp3) is 0.500. The van der Waals surface area contributed by atoms with Crippen LogP contribution >= 0.6 is 0 Å². The first-order valence-corrected chi connectivity index (χ1v) is 6.27. The summed E-state index contributed by atoms with van der Waals surface area (Å²) < 4.78 is 0. The molecule has 1 atom stereocenters. The van der Waals surface area contributed by atoms with Crippen LogP contribution in [0.3, 0.4) is 0 Å². The fourth-order valence-electron chi connectivity index (χ4n) is 2.23. The molecule has 4 nitrogen and oxygen atoms in total. The molecule has 1 N–H and O–H groups in total. The summed E-state index contributed by atoms with van der Waals surface area (Å²) in [5.74, 6) is 0.0166. The second-order valence-corrected chi connectivity index (χ2v) is 5.13.